The first-order valence-corrected chi connectivity index (χ1v) is 7.75. The molecular weight excluding hydrogens is 252 g/mol. The molecule has 1 N–H and O–H groups in total. The van der Waals surface area contributed by atoms with Crippen LogP contribution in [0.25, 0.3) is 0 Å². The lowest BCUT2D eigenvalue weighted by Crippen LogP contribution is -2.53. The molecule has 1 saturated carbocycles. The Kier molecular flexibility index (Phi) is 4.05. The van der Waals surface area contributed by atoms with Crippen molar-refractivity contribution in [1.82, 2.24) is 9.97 Å². The van der Waals surface area contributed by atoms with Gasteiger partial charge in [-0.05, 0) is 12.8 Å². The molecule has 2 atom stereocenters. The number of morpholine rings is 1. The van der Waals surface area contributed by atoms with Crippen LogP contribution in [0.1, 0.15) is 38.4 Å². The lowest BCUT2D eigenvalue weighted by atomic mass is 9.90. The smallest absolute Gasteiger partial charge is 0.134 e. The SMILES string of the molecule is CCc1nc(NC)cc(N2CCOC3CCCCC32)n1. The number of ether oxygens (including phenoxy) is 1. The zero-order valence-electron chi connectivity index (χ0n) is 12.4. The van der Waals surface area contributed by atoms with E-state index >= 15 is 0 Å². The summed E-state index contributed by atoms with van der Waals surface area (Å²) in [5.41, 5.74) is 0. The maximum absolute atomic E-state index is 5.95. The quantitative estimate of drug-likeness (QED) is 0.917. The van der Waals surface area contributed by atoms with E-state index in [0.29, 0.717) is 12.1 Å². The van der Waals surface area contributed by atoms with Crippen molar-refractivity contribution in [3.63, 3.8) is 0 Å². The molecule has 1 saturated heterocycles. The van der Waals surface area contributed by atoms with E-state index in [9.17, 15) is 0 Å². The number of aromatic nitrogens is 2. The lowest BCUT2D eigenvalue weighted by molar-refractivity contribution is -0.00900. The molecule has 0 amide bonds. The second kappa shape index (κ2) is 5.95. The monoisotopic (exact) mass is 276 g/mol. The fourth-order valence-corrected chi connectivity index (χ4v) is 3.30. The van der Waals surface area contributed by atoms with Crippen LogP contribution in [0.2, 0.25) is 0 Å². The van der Waals surface area contributed by atoms with Crippen molar-refractivity contribution in [2.45, 2.75) is 51.2 Å². The molecule has 0 aromatic carbocycles. The Bertz CT molecular complexity index is 441. The Morgan fingerprint density at radius 1 is 1.35 bits per heavy atom. The van der Waals surface area contributed by atoms with Crippen molar-refractivity contribution in [1.29, 1.82) is 0 Å². The molecular formula is C15H24N4O. The van der Waals surface area contributed by atoms with Crippen molar-refractivity contribution in [3.8, 4) is 0 Å². The second-order valence-corrected chi connectivity index (χ2v) is 5.59. The first-order valence-electron chi connectivity index (χ1n) is 7.75. The lowest BCUT2D eigenvalue weighted by Gasteiger charge is -2.44. The summed E-state index contributed by atoms with van der Waals surface area (Å²) in [5.74, 6) is 2.87. The molecule has 0 spiro atoms. The summed E-state index contributed by atoms with van der Waals surface area (Å²) in [6.07, 6.45) is 6.24. The number of nitrogens with one attached hydrogen (secondary N) is 1. The summed E-state index contributed by atoms with van der Waals surface area (Å²) >= 11 is 0. The highest BCUT2D eigenvalue weighted by Crippen LogP contribution is 2.31. The average Bonchev–Trinajstić information content (AvgIpc) is 2.53. The van der Waals surface area contributed by atoms with Crippen LogP contribution in [0, 0.1) is 0 Å². The highest BCUT2D eigenvalue weighted by Gasteiger charge is 2.35. The summed E-state index contributed by atoms with van der Waals surface area (Å²) < 4.78 is 5.95. The van der Waals surface area contributed by atoms with E-state index in [2.05, 4.69) is 28.2 Å². The van der Waals surface area contributed by atoms with Gasteiger partial charge in [0.15, 0.2) is 0 Å². The molecule has 20 heavy (non-hydrogen) atoms. The molecule has 2 heterocycles. The van der Waals surface area contributed by atoms with Gasteiger partial charge in [-0.25, -0.2) is 9.97 Å². The third-order valence-corrected chi connectivity index (χ3v) is 4.36. The molecule has 1 aliphatic heterocycles. The molecule has 2 fully saturated rings. The molecule has 5 nitrogen and oxygen atoms in total. The third-order valence-electron chi connectivity index (χ3n) is 4.36. The molecule has 2 aliphatic rings. The van der Waals surface area contributed by atoms with Crippen LogP contribution in [0.5, 0.6) is 0 Å². The van der Waals surface area contributed by atoms with Gasteiger partial charge < -0.3 is 15.0 Å². The molecule has 1 aromatic heterocycles. The van der Waals surface area contributed by atoms with Gasteiger partial charge in [0.2, 0.25) is 0 Å². The molecule has 5 heteroatoms. The predicted molar refractivity (Wildman–Crippen MR) is 80.3 cm³/mol. The van der Waals surface area contributed by atoms with Gasteiger partial charge in [0.1, 0.15) is 17.5 Å². The molecule has 110 valence electrons. The largest absolute Gasteiger partial charge is 0.374 e. The third kappa shape index (κ3) is 2.59. The van der Waals surface area contributed by atoms with E-state index < -0.39 is 0 Å². The van der Waals surface area contributed by atoms with Crippen molar-refractivity contribution >= 4 is 11.6 Å². The fraction of sp³-hybridized carbons (Fsp3) is 0.733. The number of fused-ring (bicyclic) bond motifs is 1. The second-order valence-electron chi connectivity index (χ2n) is 5.59. The van der Waals surface area contributed by atoms with E-state index in [0.717, 1.165) is 37.0 Å². The summed E-state index contributed by atoms with van der Waals surface area (Å²) in [4.78, 5) is 11.7. The molecule has 2 unspecified atom stereocenters. The van der Waals surface area contributed by atoms with Gasteiger partial charge in [-0.2, -0.15) is 0 Å². The summed E-state index contributed by atoms with van der Waals surface area (Å²) in [7, 11) is 1.91. The zero-order chi connectivity index (χ0) is 13.9. The highest BCUT2D eigenvalue weighted by molar-refractivity contribution is 5.50. The minimum atomic E-state index is 0.385. The number of hydrogen-bond acceptors (Lipinski definition) is 5. The van der Waals surface area contributed by atoms with Gasteiger partial charge in [-0.3, -0.25) is 0 Å². The number of aryl methyl sites for hydroxylation is 1. The van der Waals surface area contributed by atoms with Gasteiger partial charge in [0.25, 0.3) is 0 Å². The number of nitrogens with zero attached hydrogens (tertiary/aromatic N) is 3. The molecule has 1 aliphatic carbocycles. The van der Waals surface area contributed by atoms with E-state index in [1.807, 2.05) is 7.05 Å². The van der Waals surface area contributed by atoms with Crippen LogP contribution in [0.4, 0.5) is 11.6 Å². The van der Waals surface area contributed by atoms with Crippen LogP contribution in [0.15, 0.2) is 6.07 Å². The first kappa shape index (κ1) is 13.6. The maximum Gasteiger partial charge on any atom is 0.134 e. The topological polar surface area (TPSA) is 50.3 Å². The maximum atomic E-state index is 5.95. The number of rotatable bonds is 3. The van der Waals surface area contributed by atoms with Crippen molar-refractivity contribution in [3.05, 3.63) is 11.9 Å². The first-order chi connectivity index (χ1) is 9.81. The predicted octanol–water partition coefficient (Wildman–Crippen LogP) is 2.23. The normalized spacial score (nSPS) is 26.2. The Balaban J connectivity index is 1.90. The van der Waals surface area contributed by atoms with E-state index in [-0.39, 0.29) is 0 Å². The minimum absolute atomic E-state index is 0.385. The Hall–Kier alpha value is -1.36. The van der Waals surface area contributed by atoms with Crippen molar-refractivity contribution < 1.29 is 4.74 Å². The molecule has 0 bridgehead atoms. The van der Waals surface area contributed by atoms with Gasteiger partial charge in [0, 0.05) is 26.1 Å². The summed E-state index contributed by atoms with van der Waals surface area (Å²) in [6.45, 7) is 3.84. The average molecular weight is 276 g/mol. The number of anilines is 2. The Morgan fingerprint density at radius 2 is 2.20 bits per heavy atom. The Morgan fingerprint density at radius 3 is 3.00 bits per heavy atom. The van der Waals surface area contributed by atoms with Gasteiger partial charge in [0.05, 0.1) is 18.8 Å². The Labute approximate surface area is 120 Å². The molecule has 0 radical (unpaired) electrons. The van der Waals surface area contributed by atoms with Crippen LogP contribution in [-0.2, 0) is 11.2 Å². The van der Waals surface area contributed by atoms with E-state index in [4.69, 9.17) is 9.72 Å². The number of hydrogen-bond donors (Lipinski definition) is 1. The molecule has 3 rings (SSSR count). The van der Waals surface area contributed by atoms with Crippen LogP contribution >= 0.6 is 0 Å². The van der Waals surface area contributed by atoms with Crippen LogP contribution < -0.4 is 10.2 Å². The molecule has 1 aromatic rings. The van der Waals surface area contributed by atoms with Crippen LogP contribution in [0.3, 0.4) is 0 Å². The zero-order valence-corrected chi connectivity index (χ0v) is 12.4. The van der Waals surface area contributed by atoms with Crippen molar-refractivity contribution in [2.24, 2.45) is 0 Å². The van der Waals surface area contributed by atoms with E-state index in [1.54, 1.807) is 0 Å². The van der Waals surface area contributed by atoms with Gasteiger partial charge in [-0.15, -0.1) is 0 Å². The minimum Gasteiger partial charge on any atom is -0.374 e. The van der Waals surface area contributed by atoms with Gasteiger partial charge >= 0.3 is 0 Å². The van der Waals surface area contributed by atoms with Crippen LogP contribution in [-0.4, -0.2) is 42.3 Å². The summed E-state index contributed by atoms with van der Waals surface area (Å²) in [6, 6.07) is 2.55. The highest BCUT2D eigenvalue weighted by atomic mass is 16.5. The van der Waals surface area contributed by atoms with E-state index in [1.165, 1.54) is 25.7 Å². The fourth-order valence-electron chi connectivity index (χ4n) is 3.30. The van der Waals surface area contributed by atoms with Crippen molar-refractivity contribution in [2.75, 3.05) is 30.4 Å². The standard InChI is InChI=1S/C15H24N4O/c1-3-13-17-14(16-2)10-15(18-13)19-8-9-20-12-7-5-4-6-11(12)19/h10-12H,3-9H2,1-2H3,(H,16,17,18). The summed E-state index contributed by atoms with van der Waals surface area (Å²) in [5, 5.41) is 3.14. The van der Waals surface area contributed by atoms with Gasteiger partial charge in [-0.1, -0.05) is 19.8 Å².